The number of carbonyl (C=O) groups is 1. The molecule has 3 aromatic rings. The Hall–Kier alpha value is -3.31. The Kier molecular flexibility index (Phi) is 8.32. The molecule has 192 valence electrons. The number of aromatic amines is 1. The lowest BCUT2D eigenvalue weighted by Crippen LogP contribution is -2.45. The summed E-state index contributed by atoms with van der Waals surface area (Å²) in [4.78, 5) is 21.9. The second-order valence-corrected chi connectivity index (χ2v) is 9.84. The number of carbonyl (C=O) groups excluding carboxylic acids is 1. The van der Waals surface area contributed by atoms with Crippen LogP contribution in [-0.2, 0) is 4.79 Å². The van der Waals surface area contributed by atoms with Crippen molar-refractivity contribution < 1.29 is 14.6 Å². The summed E-state index contributed by atoms with van der Waals surface area (Å²) in [5, 5.41) is 24.6. The summed E-state index contributed by atoms with van der Waals surface area (Å²) in [6.07, 6.45) is 4.09. The van der Waals surface area contributed by atoms with Gasteiger partial charge in [0, 0.05) is 41.5 Å². The van der Waals surface area contributed by atoms with Crippen LogP contribution in [0.15, 0.2) is 40.4 Å². The minimum absolute atomic E-state index is 0.246. The van der Waals surface area contributed by atoms with Crippen molar-refractivity contribution in [2.75, 3.05) is 29.7 Å². The topological polar surface area (TPSA) is 128 Å². The van der Waals surface area contributed by atoms with Gasteiger partial charge in [0.2, 0.25) is 5.75 Å². The normalized spacial score (nSPS) is 20.4. The van der Waals surface area contributed by atoms with Crippen molar-refractivity contribution in [2.24, 2.45) is 0 Å². The van der Waals surface area contributed by atoms with Gasteiger partial charge in [0.1, 0.15) is 6.29 Å². The van der Waals surface area contributed by atoms with Crippen LogP contribution in [0.2, 0.25) is 0 Å². The summed E-state index contributed by atoms with van der Waals surface area (Å²) in [6, 6.07) is 10.6. The number of aldehydes is 1. The molecule has 0 radical (unpaired) electrons. The molecule has 2 saturated heterocycles. The quantitative estimate of drug-likeness (QED) is 0.271. The molecule has 2 unspecified atom stereocenters. The van der Waals surface area contributed by atoms with E-state index in [1.807, 2.05) is 32.2 Å². The van der Waals surface area contributed by atoms with Crippen molar-refractivity contribution in [1.82, 2.24) is 20.2 Å². The molecule has 4 N–H and O–H groups in total. The molecule has 0 saturated carbocycles. The van der Waals surface area contributed by atoms with E-state index in [0.717, 1.165) is 54.1 Å². The Labute approximate surface area is 215 Å². The molecule has 0 amide bonds. The number of hydrogen-bond acceptors (Lipinski definition) is 10. The lowest BCUT2D eigenvalue weighted by atomic mass is 10.00. The van der Waals surface area contributed by atoms with Crippen molar-refractivity contribution in [3.05, 3.63) is 36.0 Å². The molecule has 11 heteroatoms. The standard InChI is InChI=1S/C23H29N7O2S.C2H4O/c1-13-10-19(29-28-13)25-21-20(32-3)22(30-15-6-7-16(30)12-17(31)11-15)27-23(26-21)33-18-8-4-14(24-2)5-9-18;1-2-3/h4-5,8-10,15-17,24,31H,6-7,11-12H2,1-3H3,(H2,25,26,27,28,29);2H,1H3. The number of nitrogens with one attached hydrogen (secondary N) is 3. The van der Waals surface area contributed by atoms with Crippen LogP contribution in [0.25, 0.3) is 0 Å². The predicted molar refractivity (Wildman–Crippen MR) is 142 cm³/mol. The van der Waals surface area contributed by atoms with Crippen molar-refractivity contribution in [2.45, 2.75) is 67.8 Å². The smallest absolute Gasteiger partial charge is 0.204 e. The Bertz CT molecular complexity index is 1160. The lowest BCUT2D eigenvalue weighted by molar-refractivity contribution is -0.106. The number of fused-ring (bicyclic) bond motifs is 2. The zero-order valence-corrected chi connectivity index (χ0v) is 21.8. The van der Waals surface area contributed by atoms with Gasteiger partial charge in [-0.05, 0) is 75.6 Å². The van der Waals surface area contributed by atoms with Crippen LogP contribution >= 0.6 is 11.8 Å². The fourth-order valence-corrected chi connectivity index (χ4v) is 5.56. The SMILES string of the molecule is CC=O.CNc1ccc(Sc2nc(Nc3cc(C)[nH]n3)c(OC)c(N3C4CCC3CC(O)C4)n2)cc1. The molecule has 0 spiro atoms. The third kappa shape index (κ3) is 5.73. The highest BCUT2D eigenvalue weighted by molar-refractivity contribution is 7.99. The van der Waals surface area contributed by atoms with Gasteiger partial charge in [-0.2, -0.15) is 5.10 Å². The third-order valence-electron chi connectivity index (χ3n) is 6.29. The summed E-state index contributed by atoms with van der Waals surface area (Å²) >= 11 is 1.51. The minimum Gasteiger partial charge on any atom is -0.490 e. The average Bonchev–Trinajstić information content (AvgIpc) is 3.39. The molecule has 5 rings (SSSR count). The number of aromatic nitrogens is 4. The van der Waals surface area contributed by atoms with E-state index in [4.69, 9.17) is 19.5 Å². The number of aliphatic hydroxyl groups excluding tert-OH is 1. The molecule has 10 nitrogen and oxygen atoms in total. The van der Waals surface area contributed by atoms with Crippen molar-refractivity contribution >= 4 is 41.2 Å². The Morgan fingerprint density at radius 2 is 1.86 bits per heavy atom. The number of rotatable bonds is 7. The maximum Gasteiger partial charge on any atom is 0.204 e. The van der Waals surface area contributed by atoms with Gasteiger partial charge in [0.15, 0.2) is 22.6 Å². The van der Waals surface area contributed by atoms with Gasteiger partial charge >= 0.3 is 0 Å². The molecule has 4 heterocycles. The molecule has 1 aromatic carbocycles. The van der Waals surface area contributed by atoms with E-state index in [9.17, 15) is 5.11 Å². The second kappa shape index (κ2) is 11.6. The highest BCUT2D eigenvalue weighted by atomic mass is 32.2. The molecular formula is C25H33N7O3S. The van der Waals surface area contributed by atoms with Crippen LogP contribution in [0.5, 0.6) is 5.75 Å². The number of nitrogens with zero attached hydrogens (tertiary/aromatic N) is 4. The van der Waals surface area contributed by atoms with Gasteiger partial charge in [-0.3, -0.25) is 5.10 Å². The van der Waals surface area contributed by atoms with Gasteiger partial charge in [-0.1, -0.05) is 0 Å². The maximum absolute atomic E-state index is 10.3. The highest BCUT2D eigenvalue weighted by Gasteiger charge is 2.42. The Morgan fingerprint density at radius 3 is 2.42 bits per heavy atom. The van der Waals surface area contributed by atoms with Crippen LogP contribution in [0.1, 0.15) is 38.3 Å². The van der Waals surface area contributed by atoms with Gasteiger partial charge < -0.3 is 30.2 Å². The van der Waals surface area contributed by atoms with E-state index in [2.05, 4.69) is 37.9 Å². The second-order valence-electron chi connectivity index (χ2n) is 8.80. The maximum atomic E-state index is 10.3. The van der Waals surface area contributed by atoms with Crippen LogP contribution in [0.4, 0.5) is 23.1 Å². The highest BCUT2D eigenvalue weighted by Crippen LogP contribution is 2.45. The molecule has 2 atom stereocenters. The summed E-state index contributed by atoms with van der Waals surface area (Å²) in [6.45, 7) is 3.40. The number of anilines is 4. The number of benzene rings is 1. The van der Waals surface area contributed by atoms with Crippen molar-refractivity contribution in [1.29, 1.82) is 0 Å². The lowest BCUT2D eigenvalue weighted by Gasteiger charge is -2.38. The van der Waals surface area contributed by atoms with Gasteiger partial charge in [0.25, 0.3) is 0 Å². The first kappa shape index (κ1) is 25.8. The van der Waals surface area contributed by atoms with E-state index in [1.165, 1.54) is 18.7 Å². The molecule has 2 aliphatic rings. The number of aryl methyl sites for hydroxylation is 1. The van der Waals surface area contributed by atoms with E-state index in [0.29, 0.717) is 22.5 Å². The van der Waals surface area contributed by atoms with Crippen LogP contribution in [0.3, 0.4) is 0 Å². The molecule has 2 fully saturated rings. The number of hydrogen-bond donors (Lipinski definition) is 4. The first-order valence-corrected chi connectivity index (χ1v) is 12.8. The average molecular weight is 512 g/mol. The summed E-state index contributed by atoms with van der Waals surface area (Å²) in [7, 11) is 3.55. The van der Waals surface area contributed by atoms with Crippen LogP contribution in [-0.4, -0.2) is 63.9 Å². The molecule has 36 heavy (non-hydrogen) atoms. The van der Waals surface area contributed by atoms with Gasteiger partial charge in [-0.25, -0.2) is 9.97 Å². The molecule has 2 aromatic heterocycles. The van der Waals surface area contributed by atoms with Crippen molar-refractivity contribution in [3.63, 3.8) is 0 Å². The zero-order valence-electron chi connectivity index (χ0n) is 21.0. The van der Waals surface area contributed by atoms with Crippen LogP contribution < -0.4 is 20.3 Å². The first-order valence-electron chi connectivity index (χ1n) is 12.0. The summed E-state index contributed by atoms with van der Waals surface area (Å²) in [5.74, 6) is 2.62. The molecule has 2 aliphatic heterocycles. The fourth-order valence-electron chi connectivity index (χ4n) is 4.80. The predicted octanol–water partition coefficient (Wildman–Crippen LogP) is 4.15. The Morgan fingerprint density at radius 1 is 1.19 bits per heavy atom. The first-order chi connectivity index (χ1) is 17.4. The fraction of sp³-hybridized carbons (Fsp3) is 0.440. The van der Waals surface area contributed by atoms with E-state index in [-0.39, 0.29) is 18.2 Å². The summed E-state index contributed by atoms with van der Waals surface area (Å²) in [5.41, 5.74) is 2.00. The van der Waals surface area contributed by atoms with Crippen molar-refractivity contribution in [3.8, 4) is 5.75 Å². The number of methoxy groups -OCH3 is 1. The molecular weight excluding hydrogens is 478 g/mol. The zero-order chi connectivity index (χ0) is 25.7. The van der Waals surface area contributed by atoms with E-state index in [1.54, 1.807) is 7.11 Å². The van der Waals surface area contributed by atoms with Gasteiger partial charge in [0.05, 0.1) is 13.2 Å². The largest absolute Gasteiger partial charge is 0.490 e. The number of H-pyrrole nitrogens is 1. The third-order valence-corrected chi connectivity index (χ3v) is 7.16. The van der Waals surface area contributed by atoms with Gasteiger partial charge in [-0.15, -0.1) is 0 Å². The van der Waals surface area contributed by atoms with E-state index >= 15 is 0 Å². The van der Waals surface area contributed by atoms with E-state index < -0.39 is 0 Å². The van der Waals surface area contributed by atoms with Crippen LogP contribution in [0, 0.1) is 6.92 Å². The number of piperidine rings is 1. The minimum atomic E-state index is -0.254. The molecule has 0 aliphatic carbocycles. The monoisotopic (exact) mass is 511 g/mol. The molecule has 2 bridgehead atoms. The Balaban J connectivity index is 0.000000967. The number of aliphatic hydroxyl groups is 1. The summed E-state index contributed by atoms with van der Waals surface area (Å²) < 4.78 is 5.85. The number of ether oxygens (including phenoxy) is 1.